The van der Waals surface area contributed by atoms with Crippen molar-refractivity contribution in [2.24, 2.45) is 5.92 Å². The number of amides is 2. The molecule has 3 fully saturated rings. The van der Waals surface area contributed by atoms with E-state index in [9.17, 15) is 22.8 Å². The Labute approximate surface area is 160 Å². The molecule has 9 heteroatoms. The lowest BCUT2D eigenvalue weighted by molar-refractivity contribution is -0.293. The van der Waals surface area contributed by atoms with Gasteiger partial charge in [-0.1, -0.05) is 6.42 Å². The van der Waals surface area contributed by atoms with Gasteiger partial charge in [0.2, 0.25) is 5.91 Å². The van der Waals surface area contributed by atoms with E-state index in [-0.39, 0.29) is 50.4 Å². The number of hydrogen-bond donors (Lipinski definition) is 0. The second-order valence-electron chi connectivity index (χ2n) is 7.61. The molecule has 3 aliphatic rings. The Balaban J connectivity index is 1.63. The Kier molecular flexibility index (Phi) is 4.83. The number of hydrogen-bond acceptors (Lipinski definition) is 4. The minimum absolute atomic E-state index is 0.0888. The van der Waals surface area contributed by atoms with Crippen LogP contribution in [0, 0.1) is 11.7 Å². The standard InChI is InChI=1S/C19H21F3N2O4/c20-14-4-6-15(7-5-14)24-11-18(28-19(21,22)17(24)26)10-23(8-9-27-12-18)16(25)13-2-1-3-13/h4-7,13H,1-3,8-12H2. The summed E-state index contributed by atoms with van der Waals surface area (Å²) in [6.45, 7) is 0.00254. The van der Waals surface area contributed by atoms with E-state index in [1.54, 1.807) is 0 Å². The minimum atomic E-state index is -4.08. The number of ether oxygens (including phenoxy) is 2. The van der Waals surface area contributed by atoms with E-state index in [1.807, 2.05) is 0 Å². The summed E-state index contributed by atoms with van der Waals surface area (Å²) in [5.74, 6) is -2.24. The lowest BCUT2D eigenvalue weighted by Crippen LogP contribution is -2.67. The minimum Gasteiger partial charge on any atom is -0.376 e. The molecule has 6 nitrogen and oxygen atoms in total. The average molecular weight is 398 g/mol. The molecule has 1 spiro atoms. The molecule has 152 valence electrons. The first-order chi connectivity index (χ1) is 13.3. The Morgan fingerprint density at radius 3 is 2.50 bits per heavy atom. The maximum atomic E-state index is 14.5. The zero-order valence-electron chi connectivity index (χ0n) is 15.2. The summed E-state index contributed by atoms with van der Waals surface area (Å²) >= 11 is 0. The summed E-state index contributed by atoms with van der Waals surface area (Å²) in [6, 6.07) is 4.71. The Morgan fingerprint density at radius 1 is 1.14 bits per heavy atom. The second kappa shape index (κ2) is 7.04. The predicted octanol–water partition coefficient (Wildman–Crippen LogP) is 2.18. The van der Waals surface area contributed by atoms with Gasteiger partial charge in [0, 0.05) is 18.2 Å². The summed E-state index contributed by atoms with van der Waals surface area (Å²) in [7, 11) is 0. The van der Waals surface area contributed by atoms with Gasteiger partial charge in [0.1, 0.15) is 11.4 Å². The lowest BCUT2D eigenvalue weighted by atomic mass is 9.84. The smallest absolute Gasteiger partial charge is 0.376 e. The largest absolute Gasteiger partial charge is 0.437 e. The molecular weight excluding hydrogens is 377 g/mol. The van der Waals surface area contributed by atoms with E-state index in [0.717, 1.165) is 36.3 Å². The molecule has 1 atom stereocenters. The van der Waals surface area contributed by atoms with Crippen molar-refractivity contribution in [1.29, 1.82) is 0 Å². The molecule has 0 radical (unpaired) electrons. The Bertz CT molecular complexity index is 769. The van der Waals surface area contributed by atoms with Gasteiger partial charge in [-0.3, -0.25) is 14.3 Å². The van der Waals surface area contributed by atoms with Crippen molar-refractivity contribution in [1.82, 2.24) is 4.90 Å². The summed E-state index contributed by atoms with van der Waals surface area (Å²) in [5, 5.41) is 0. The van der Waals surface area contributed by atoms with Crippen LogP contribution in [-0.2, 0) is 19.1 Å². The summed E-state index contributed by atoms with van der Waals surface area (Å²) in [4.78, 5) is 27.3. The molecule has 1 aliphatic carbocycles. The topological polar surface area (TPSA) is 59.1 Å². The second-order valence-corrected chi connectivity index (χ2v) is 7.61. The van der Waals surface area contributed by atoms with Crippen LogP contribution in [-0.4, -0.2) is 61.3 Å². The first kappa shape index (κ1) is 19.2. The van der Waals surface area contributed by atoms with Crippen molar-refractivity contribution in [3.8, 4) is 0 Å². The fourth-order valence-corrected chi connectivity index (χ4v) is 3.86. The first-order valence-corrected chi connectivity index (χ1v) is 9.32. The van der Waals surface area contributed by atoms with E-state index in [1.165, 1.54) is 17.0 Å². The normalized spacial score (nSPS) is 28.2. The number of morpholine rings is 1. The van der Waals surface area contributed by atoms with Gasteiger partial charge in [0.25, 0.3) is 0 Å². The number of nitrogens with zero attached hydrogens (tertiary/aromatic N) is 2. The van der Waals surface area contributed by atoms with Crippen molar-refractivity contribution in [2.75, 3.05) is 37.7 Å². The molecule has 2 amide bonds. The van der Waals surface area contributed by atoms with Crippen LogP contribution < -0.4 is 4.90 Å². The van der Waals surface area contributed by atoms with Crippen LogP contribution in [0.1, 0.15) is 19.3 Å². The summed E-state index contributed by atoms with van der Waals surface area (Å²) in [6.07, 6.45) is -1.51. The van der Waals surface area contributed by atoms with Crippen molar-refractivity contribution in [2.45, 2.75) is 31.0 Å². The highest BCUT2D eigenvalue weighted by atomic mass is 19.3. The van der Waals surface area contributed by atoms with Gasteiger partial charge >= 0.3 is 12.0 Å². The highest BCUT2D eigenvalue weighted by Gasteiger charge is 2.58. The van der Waals surface area contributed by atoms with Gasteiger partial charge in [0.05, 0.1) is 26.3 Å². The highest BCUT2D eigenvalue weighted by Crippen LogP contribution is 2.37. The Hall–Kier alpha value is -2.13. The quantitative estimate of drug-likeness (QED) is 0.766. The number of rotatable bonds is 2. The van der Waals surface area contributed by atoms with Gasteiger partial charge < -0.3 is 14.5 Å². The van der Waals surface area contributed by atoms with Crippen LogP contribution in [0.2, 0.25) is 0 Å². The van der Waals surface area contributed by atoms with E-state index in [4.69, 9.17) is 9.47 Å². The van der Waals surface area contributed by atoms with Crippen molar-refractivity contribution < 1.29 is 32.2 Å². The van der Waals surface area contributed by atoms with Gasteiger partial charge in [-0.15, -0.1) is 0 Å². The molecule has 0 aromatic heterocycles. The van der Waals surface area contributed by atoms with E-state index in [0.29, 0.717) is 0 Å². The third-order valence-corrected chi connectivity index (χ3v) is 5.54. The number of halogens is 3. The van der Waals surface area contributed by atoms with Crippen LogP contribution >= 0.6 is 0 Å². The molecule has 1 saturated carbocycles. The summed E-state index contributed by atoms with van der Waals surface area (Å²) in [5.41, 5.74) is -1.43. The SMILES string of the molecule is O=C(C1CCC1)N1CCOCC2(C1)CN(c1ccc(F)cc1)C(=O)C(F)(F)O2. The number of benzene rings is 1. The molecule has 4 rings (SSSR count). The molecule has 2 aliphatic heterocycles. The van der Waals surface area contributed by atoms with Crippen molar-refractivity contribution in [3.63, 3.8) is 0 Å². The first-order valence-electron chi connectivity index (χ1n) is 9.32. The van der Waals surface area contributed by atoms with Gasteiger partial charge in [0.15, 0.2) is 0 Å². The number of anilines is 1. The molecular formula is C19H21F3N2O4. The van der Waals surface area contributed by atoms with Crippen LogP contribution in [0.4, 0.5) is 18.9 Å². The van der Waals surface area contributed by atoms with Crippen molar-refractivity contribution >= 4 is 17.5 Å². The van der Waals surface area contributed by atoms with Gasteiger partial charge in [-0.05, 0) is 37.1 Å². The fourth-order valence-electron chi connectivity index (χ4n) is 3.86. The predicted molar refractivity (Wildman–Crippen MR) is 92.3 cm³/mol. The maximum Gasteiger partial charge on any atom is 0.437 e. The zero-order chi connectivity index (χ0) is 19.9. The monoisotopic (exact) mass is 398 g/mol. The van der Waals surface area contributed by atoms with E-state index < -0.39 is 23.4 Å². The Morgan fingerprint density at radius 2 is 1.86 bits per heavy atom. The fraction of sp³-hybridized carbons (Fsp3) is 0.579. The number of carbonyl (C=O) groups is 2. The molecule has 2 heterocycles. The zero-order valence-corrected chi connectivity index (χ0v) is 15.2. The van der Waals surface area contributed by atoms with E-state index in [2.05, 4.69) is 0 Å². The molecule has 0 N–H and O–H groups in total. The van der Waals surface area contributed by atoms with Crippen LogP contribution in [0.5, 0.6) is 0 Å². The van der Waals surface area contributed by atoms with Crippen LogP contribution in [0.15, 0.2) is 24.3 Å². The molecule has 1 aromatic carbocycles. The number of carbonyl (C=O) groups excluding carboxylic acids is 2. The molecule has 28 heavy (non-hydrogen) atoms. The molecule has 1 unspecified atom stereocenters. The summed E-state index contributed by atoms with van der Waals surface area (Å²) < 4.78 is 52.7. The van der Waals surface area contributed by atoms with Crippen LogP contribution in [0.3, 0.4) is 0 Å². The van der Waals surface area contributed by atoms with E-state index >= 15 is 0 Å². The third kappa shape index (κ3) is 3.48. The number of alkyl halides is 2. The molecule has 2 saturated heterocycles. The van der Waals surface area contributed by atoms with Crippen LogP contribution in [0.25, 0.3) is 0 Å². The lowest BCUT2D eigenvalue weighted by Gasteiger charge is -2.46. The third-order valence-electron chi connectivity index (χ3n) is 5.54. The average Bonchev–Trinajstić information content (AvgIpc) is 2.80. The highest BCUT2D eigenvalue weighted by molar-refractivity contribution is 5.98. The van der Waals surface area contributed by atoms with Crippen molar-refractivity contribution in [3.05, 3.63) is 30.1 Å². The van der Waals surface area contributed by atoms with Gasteiger partial charge in [-0.25, -0.2) is 4.39 Å². The maximum absolute atomic E-state index is 14.5. The van der Waals surface area contributed by atoms with Gasteiger partial charge in [-0.2, -0.15) is 8.78 Å². The molecule has 0 bridgehead atoms. The molecule has 1 aromatic rings.